The van der Waals surface area contributed by atoms with Gasteiger partial charge < -0.3 is 20.1 Å². The number of hydrogen-bond acceptors (Lipinski definition) is 6. The number of aryl methyl sites for hydroxylation is 1. The van der Waals surface area contributed by atoms with Crippen LogP contribution in [-0.4, -0.2) is 38.3 Å². The maximum atomic E-state index is 13.6. The number of hydrogen-bond donors (Lipinski definition) is 3. The minimum atomic E-state index is -1.58. The minimum Gasteiger partial charge on any atom is -0.477 e. The predicted molar refractivity (Wildman–Crippen MR) is 121 cm³/mol. The second-order valence-corrected chi connectivity index (χ2v) is 7.87. The van der Waals surface area contributed by atoms with Crippen LogP contribution in [0.25, 0.3) is 16.9 Å². The van der Waals surface area contributed by atoms with E-state index in [0.29, 0.717) is 36.3 Å². The molecule has 3 heterocycles. The third kappa shape index (κ3) is 3.70. The van der Waals surface area contributed by atoms with Crippen molar-refractivity contribution in [3.05, 3.63) is 71.2 Å². The molecule has 1 aliphatic heterocycles. The molecule has 1 aliphatic rings. The van der Waals surface area contributed by atoms with Crippen LogP contribution in [0.15, 0.2) is 48.5 Å². The normalized spacial score (nSPS) is 13.0. The molecule has 0 aliphatic carbocycles. The smallest absolute Gasteiger partial charge is 0.477 e. The van der Waals surface area contributed by atoms with Gasteiger partial charge in [0.1, 0.15) is 11.6 Å². The molecule has 0 fully saturated rings. The summed E-state index contributed by atoms with van der Waals surface area (Å²) in [6.45, 7) is 2.91. The summed E-state index contributed by atoms with van der Waals surface area (Å²) in [6.07, 6.45) is 1.65. The first-order chi connectivity index (χ1) is 15.5. The van der Waals surface area contributed by atoms with E-state index in [-0.39, 0.29) is 5.82 Å². The van der Waals surface area contributed by atoms with Gasteiger partial charge in [-0.2, -0.15) is 9.97 Å². The lowest BCUT2D eigenvalue weighted by molar-refractivity contribution is 0.275. The van der Waals surface area contributed by atoms with Crippen LogP contribution in [0.1, 0.15) is 23.2 Å². The van der Waals surface area contributed by atoms with Crippen molar-refractivity contribution in [2.24, 2.45) is 0 Å². The Morgan fingerprint density at radius 1 is 1.16 bits per heavy atom. The van der Waals surface area contributed by atoms with Crippen LogP contribution < -0.4 is 15.5 Å². The van der Waals surface area contributed by atoms with Gasteiger partial charge in [0.25, 0.3) is 0 Å². The van der Waals surface area contributed by atoms with Gasteiger partial charge in [-0.25, -0.2) is 4.39 Å². The van der Waals surface area contributed by atoms with Crippen molar-refractivity contribution in [1.82, 2.24) is 14.5 Å². The fourth-order valence-electron chi connectivity index (χ4n) is 4.17. The van der Waals surface area contributed by atoms with Crippen LogP contribution in [0.4, 0.5) is 10.2 Å². The first kappa shape index (κ1) is 20.5. The van der Waals surface area contributed by atoms with E-state index in [1.807, 2.05) is 29.7 Å². The molecule has 0 radical (unpaired) electrons. The molecule has 9 heteroatoms. The summed E-state index contributed by atoms with van der Waals surface area (Å²) in [5.74, 6) is 1.31. The van der Waals surface area contributed by atoms with E-state index in [0.717, 1.165) is 40.6 Å². The van der Waals surface area contributed by atoms with E-state index in [1.54, 1.807) is 18.2 Å². The molecule has 7 nitrogen and oxygen atoms in total. The number of benzene rings is 2. The highest BCUT2D eigenvalue weighted by Crippen LogP contribution is 2.31. The Kier molecular flexibility index (Phi) is 5.28. The number of aromatic nitrogens is 3. The van der Waals surface area contributed by atoms with Crippen LogP contribution in [-0.2, 0) is 13.0 Å². The van der Waals surface area contributed by atoms with Crippen molar-refractivity contribution in [2.75, 3.05) is 11.9 Å². The van der Waals surface area contributed by atoms with E-state index >= 15 is 0 Å². The molecule has 0 bridgehead atoms. The molecule has 3 N–H and O–H groups in total. The van der Waals surface area contributed by atoms with Crippen molar-refractivity contribution >= 4 is 29.3 Å². The molecule has 0 unspecified atom stereocenters. The molecule has 162 valence electrons. The number of ether oxygens (including phenoxy) is 1. The number of rotatable bonds is 5. The van der Waals surface area contributed by atoms with Crippen molar-refractivity contribution in [1.29, 1.82) is 0 Å². The molecule has 0 amide bonds. The molecule has 2 aromatic heterocycles. The Labute approximate surface area is 184 Å². The Bertz CT molecular complexity index is 1310. The Hall–Kier alpha value is -3.43. The molecule has 2 aromatic carbocycles. The minimum absolute atomic E-state index is 0.283. The van der Waals surface area contributed by atoms with Crippen molar-refractivity contribution < 1.29 is 19.2 Å². The number of halogens is 1. The number of nitrogens with one attached hydrogen (secondary N) is 1. The second-order valence-electron chi connectivity index (χ2n) is 7.87. The summed E-state index contributed by atoms with van der Waals surface area (Å²) in [7, 11) is -1.58. The summed E-state index contributed by atoms with van der Waals surface area (Å²) in [5.41, 5.74) is 3.74. The summed E-state index contributed by atoms with van der Waals surface area (Å²) in [4.78, 5) is 9.47. The Morgan fingerprint density at radius 3 is 2.81 bits per heavy atom. The molecule has 0 saturated heterocycles. The first-order valence-electron chi connectivity index (χ1n) is 10.5. The Morgan fingerprint density at radius 2 is 2.00 bits per heavy atom. The molecule has 4 aromatic rings. The van der Waals surface area contributed by atoms with E-state index in [4.69, 9.17) is 9.72 Å². The maximum absolute atomic E-state index is 13.6. The molecule has 0 spiro atoms. The van der Waals surface area contributed by atoms with E-state index in [9.17, 15) is 14.4 Å². The average molecular weight is 432 g/mol. The van der Waals surface area contributed by atoms with Gasteiger partial charge in [0.15, 0.2) is 0 Å². The van der Waals surface area contributed by atoms with Gasteiger partial charge in [0, 0.05) is 17.6 Å². The summed E-state index contributed by atoms with van der Waals surface area (Å²) >= 11 is 0. The summed E-state index contributed by atoms with van der Waals surface area (Å²) < 4.78 is 21.3. The zero-order valence-corrected chi connectivity index (χ0v) is 17.5. The number of anilines is 1. The van der Waals surface area contributed by atoms with Gasteiger partial charge in [-0.15, -0.1) is 0 Å². The topological polar surface area (TPSA) is 92.4 Å². The highest BCUT2D eigenvalue weighted by atomic mass is 19.1. The van der Waals surface area contributed by atoms with E-state index in [1.165, 1.54) is 12.1 Å². The quantitative estimate of drug-likeness (QED) is 0.420. The SMILES string of the molecule is Cc1cc2c(B(O)O)cccc2n1-c1nc(NCc2cccc(F)c2)c2c(n1)OCCC2. The van der Waals surface area contributed by atoms with Gasteiger partial charge in [-0.05, 0) is 55.1 Å². The lowest BCUT2D eigenvalue weighted by Crippen LogP contribution is -2.30. The van der Waals surface area contributed by atoms with E-state index < -0.39 is 7.12 Å². The maximum Gasteiger partial charge on any atom is 0.489 e. The zero-order chi connectivity index (χ0) is 22.2. The van der Waals surface area contributed by atoms with Crippen molar-refractivity contribution in [2.45, 2.75) is 26.3 Å². The van der Waals surface area contributed by atoms with Crippen LogP contribution in [0.5, 0.6) is 5.88 Å². The average Bonchev–Trinajstić information content (AvgIpc) is 3.13. The van der Waals surface area contributed by atoms with Gasteiger partial charge in [0.05, 0.1) is 17.7 Å². The van der Waals surface area contributed by atoms with Crippen LogP contribution >= 0.6 is 0 Å². The largest absolute Gasteiger partial charge is 0.489 e. The standard InChI is InChI=1S/C23H22BFN4O3/c1-14-11-18-19(24(30)31)8-3-9-20(18)29(14)23-27-21(17-7-4-10-32-22(17)28-23)26-13-15-5-2-6-16(25)12-15/h2-3,5-6,8-9,11-12,30-31H,4,7,10,13H2,1H3,(H,26,27,28). The summed E-state index contributed by atoms with van der Waals surface area (Å²) in [5, 5.41) is 23.5. The fraction of sp³-hybridized carbons (Fsp3) is 0.217. The second kappa shape index (κ2) is 8.25. The number of fused-ring (bicyclic) bond motifs is 2. The van der Waals surface area contributed by atoms with Gasteiger partial charge in [0.2, 0.25) is 11.8 Å². The predicted octanol–water partition coefficient (Wildman–Crippen LogP) is 2.48. The van der Waals surface area contributed by atoms with E-state index in [2.05, 4.69) is 10.3 Å². The summed E-state index contributed by atoms with van der Waals surface area (Å²) in [6, 6.07) is 13.7. The third-order valence-corrected chi connectivity index (χ3v) is 5.66. The van der Waals surface area contributed by atoms with Crippen molar-refractivity contribution in [3.63, 3.8) is 0 Å². The number of nitrogens with zero attached hydrogens (tertiary/aromatic N) is 3. The molecule has 0 saturated carbocycles. The van der Waals surface area contributed by atoms with Crippen LogP contribution in [0.3, 0.4) is 0 Å². The lowest BCUT2D eigenvalue weighted by atomic mass is 9.78. The molecular weight excluding hydrogens is 410 g/mol. The molecular formula is C23H22BFN4O3. The molecule has 32 heavy (non-hydrogen) atoms. The first-order valence-corrected chi connectivity index (χ1v) is 10.5. The Balaban J connectivity index is 1.60. The lowest BCUT2D eigenvalue weighted by Gasteiger charge is -2.21. The fourth-order valence-corrected chi connectivity index (χ4v) is 4.17. The van der Waals surface area contributed by atoms with Crippen molar-refractivity contribution in [3.8, 4) is 11.8 Å². The van der Waals surface area contributed by atoms with Crippen LogP contribution in [0, 0.1) is 12.7 Å². The highest BCUT2D eigenvalue weighted by Gasteiger charge is 2.23. The monoisotopic (exact) mass is 432 g/mol. The third-order valence-electron chi connectivity index (χ3n) is 5.66. The van der Waals surface area contributed by atoms with Gasteiger partial charge in [-0.3, -0.25) is 4.57 Å². The van der Waals surface area contributed by atoms with Gasteiger partial charge >= 0.3 is 7.12 Å². The highest BCUT2D eigenvalue weighted by molar-refractivity contribution is 6.61. The van der Waals surface area contributed by atoms with Crippen LogP contribution in [0.2, 0.25) is 0 Å². The zero-order valence-electron chi connectivity index (χ0n) is 17.5. The molecule has 0 atom stereocenters. The van der Waals surface area contributed by atoms with Gasteiger partial charge in [-0.1, -0.05) is 24.3 Å². The molecule has 5 rings (SSSR count).